The van der Waals surface area contributed by atoms with E-state index in [2.05, 4.69) is 33.4 Å². The highest BCUT2D eigenvalue weighted by atomic mass is 79.9. The molecule has 1 aliphatic heterocycles. The zero-order chi connectivity index (χ0) is 20.7. The number of halogens is 1. The van der Waals surface area contributed by atoms with E-state index < -0.39 is 10.0 Å². The van der Waals surface area contributed by atoms with Gasteiger partial charge in [-0.3, -0.25) is 4.79 Å². The fraction of sp³-hybridized carbons (Fsp3) is 0.409. The molecule has 0 radical (unpaired) electrons. The maximum atomic E-state index is 12.7. The molecule has 0 saturated carbocycles. The number of carbonyl (C=O) groups is 1. The quantitative estimate of drug-likeness (QED) is 0.587. The monoisotopic (exact) mass is 478 g/mol. The normalized spacial score (nSPS) is 15.9. The van der Waals surface area contributed by atoms with Crippen molar-refractivity contribution in [3.63, 3.8) is 0 Å². The number of amides is 1. The average Bonchev–Trinajstić information content (AvgIpc) is 2.73. The molecule has 2 aromatic carbocycles. The predicted octanol–water partition coefficient (Wildman–Crippen LogP) is 3.74. The smallest absolute Gasteiger partial charge is 0.223 e. The van der Waals surface area contributed by atoms with Crippen molar-refractivity contribution in [2.75, 3.05) is 19.6 Å². The first-order valence-electron chi connectivity index (χ1n) is 9.98. The number of piperidine rings is 1. The number of aryl methyl sites for hydroxylation is 1. The Balaban J connectivity index is 1.40. The van der Waals surface area contributed by atoms with Crippen molar-refractivity contribution in [3.05, 3.63) is 70.2 Å². The molecule has 29 heavy (non-hydrogen) atoms. The van der Waals surface area contributed by atoms with Gasteiger partial charge in [-0.25, -0.2) is 12.7 Å². The van der Waals surface area contributed by atoms with Gasteiger partial charge >= 0.3 is 0 Å². The summed E-state index contributed by atoms with van der Waals surface area (Å²) in [5.74, 6) is -0.0646. The number of benzene rings is 2. The van der Waals surface area contributed by atoms with Crippen LogP contribution < -0.4 is 5.32 Å². The Labute approximate surface area is 181 Å². The first kappa shape index (κ1) is 22.0. The lowest BCUT2D eigenvalue weighted by Crippen LogP contribution is -2.43. The Morgan fingerprint density at radius 2 is 1.66 bits per heavy atom. The number of rotatable bonds is 8. The minimum Gasteiger partial charge on any atom is -0.356 e. The number of hydrogen-bond donors (Lipinski definition) is 1. The van der Waals surface area contributed by atoms with E-state index in [0.29, 0.717) is 32.5 Å². The van der Waals surface area contributed by atoms with Gasteiger partial charge in [-0.2, -0.15) is 0 Å². The lowest BCUT2D eigenvalue weighted by atomic mass is 9.97. The first-order valence-corrected chi connectivity index (χ1v) is 12.4. The highest BCUT2D eigenvalue weighted by Gasteiger charge is 2.31. The maximum Gasteiger partial charge on any atom is 0.223 e. The van der Waals surface area contributed by atoms with Crippen LogP contribution in [0.3, 0.4) is 0 Å². The van der Waals surface area contributed by atoms with E-state index in [0.717, 1.165) is 22.9 Å². The molecule has 2 aromatic rings. The Kier molecular flexibility index (Phi) is 7.86. The molecule has 5 nitrogen and oxygen atoms in total. The molecule has 0 spiro atoms. The average molecular weight is 479 g/mol. The molecule has 0 atom stereocenters. The minimum atomic E-state index is -3.36. The van der Waals surface area contributed by atoms with Crippen LogP contribution in [0.25, 0.3) is 0 Å². The van der Waals surface area contributed by atoms with Gasteiger partial charge in [0.05, 0.1) is 5.75 Å². The zero-order valence-corrected chi connectivity index (χ0v) is 18.8. The molecule has 1 heterocycles. The molecule has 1 fully saturated rings. The summed E-state index contributed by atoms with van der Waals surface area (Å²) in [6.45, 7) is 1.46. The van der Waals surface area contributed by atoms with Crippen LogP contribution in [-0.2, 0) is 27.0 Å². The fourth-order valence-corrected chi connectivity index (χ4v) is 5.40. The van der Waals surface area contributed by atoms with Gasteiger partial charge < -0.3 is 5.32 Å². The second-order valence-electron chi connectivity index (χ2n) is 7.44. The van der Waals surface area contributed by atoms with Gasteiger partial charge in [0.25, 0.3) is 0 Å². The largest absolute Gasteiger partial charge is 0.356 e. The van der Waals surface area contributed by atoms with Crippen LogP contribution in [0.15, 0.2) is 59.1 Å². The summed E-state index contributed by atoms with van der Waals surface area (Å²) in [7, 11) is -3.36. The molecule has 1 N–H and O–H groups in total. The van der Waals surface area contributed by atoms with Gasteiger partial charge in [-0.05, 0) is 48.9 Å². The van der Waals surface area contributed by atoms with E-state index in [1.807, 2.05) is 42.5 Å². The standard InChI is InChI=1S/C22H27BrN2O3S/c23-21-10-8-19(9-11-21)17-29(27,28)25-15-12-20(13-16-25)22(26)24-14-4-7-18-5-2-1-3-6-18/h1-3,5-6,8-11,20H,4,7,12-17H2,(H,24,26). The number of hydrogen-bond acceptors (Lipinski definition) is 3. The summed E-state index contributed by atoms with van der Waals surface area (Å²) < 4.78 is 27.8. The summed E-state index contributed by atoms with van der Waals surface area (Å²) in [6.07, 6.45) is 2.98. The van der Waals surface area contributed by atoms with Crippen LogP contribution in [-0.4, -0.2) is 38.3 Å². The molecule has 1 amide bonds. The SMILES string of the molecule is O=C(NCCCc1ccccc1)C1CCN(S(=O)(=O)Cc2ccc(Br)cc2)CC1. The van der Waals surface area contributed by atoms with Crippen LogP contribution in [0.4, 0.5) is 0 Å². The lowest BCUT2D eigenvalue weighted by molar-refractivity contribution is -0.126. The van der Waals surface area contributed by atoms with E-state index >= 15 is 0 Å². The van der Waals surface area contributed by atoms with Crippen molar-refractivity contribution < 1.29 is 13.2 Å². The zero-order valence-electron chi connectivity index (χ0n) is 16.4. The van der Waals surface area contributed by atoms with E-state index in [-0.39, 0.29) is 17.6 Å². The summed E-state index contributed by atoms with van der Waals surface area (Å²) in [4.78, 5) is 12.4. The van der Waals surface area contributed by atoms with Crippen LogP contribution >= 0.6 is 15.9 Å². The Morgan fingerprint density at radius 1 is 1.00 bits per heavy atom. The van der Waals surface area contributed by atoms with Gasteiger partial charge in [0.2, 0.25) is 15.9 Å². The molecule has 1 saturated heterocycles. The van der Waals surface area contributed by atoms with Gasteiger partial charge in [0.15, 0.2) is 0 Å². The van der Waals surface area contributed by atoms with E-state index in [1.165, 1.54) is 9.87 Å². The summed E-state index contributed by atoms with van der Waals surface area (Å²) in [6, 6.07) is 17.5. The van der Waals surface area contributed by atoms with Gasteiger partial charge in [0.1, 0.15) is 0 Å². The Hall–Kier alpha value is -1.70. The minimum absolute atomic E-state index is 0.00334. The Bertz CT molecular complexity index is 893. The molecular weight excluding hydrogens is 452 g/mol. The second kappa shape index (κ2) is 10.4. The summed E-state index contributed by atoms with van der Waals surface area (Å²) >= 11 is 3.36. The predicted molar refractivity (Wildman–Crippen MR) is 119 cm³/mol. The molecule has 3 rings (SSSR count). The second-order valence-corrected chi connectivity index (χ2v) is 10.3. The van der Waals surface area contributed by atoms with Crippen molar-refractivity contribution in [2.45, 2.75) is 31.4 Å². The number of sulfonamides is 1. The van der Waals surface area contributed by atoms with Gasteiger partial charge in [-0.15, -0.1) is 0 Å². The highest BCUT2D eigenvalue weighted by Crippen LogP contribution is 2.22. The molecule has 0 aromatic heterocycles. The Morgan fingerprint density at radius 3 is 2.31 bits per heavy atom. The number of nitrogens with zero attached hydrogens (tertiary/aromatic N) is 1. The number of carbonyl (C=O) groups excluding carboxylic acids is 1. The topological polar surface area (TPSA) is 66.5 Å². The molecule has 0 unspecified atom stereocenters. The fourth-order valence-electron chi connectivity index (χ4n) is 3.57. The third-order valence-electron chi connectivity index (χ3n) is 5.26. The molecule has 0 aliphatic carbocycles. The third kappa shape index (κ3) is 6.66. The van der Waals surface area contributed by atoms with Crippen molar-refractivity contribution in [2.24, 2.45) is 5.92 Å². The van der Waals surface area contributed by atoms with Crippen LogP contribution in [0, 0.1) is 5.92 Å². The molecular formula is C22H27BrN2O3S. The number of nitrogens with one attached hydrogen (secondary N) is 1. The van der Waals surface area contributed by atoms with Crippen molar-refractivity contribution in [3.8, 4) is 0 Å². The molecule has 1 aliphatic rings. The molecule has 156 valence electrons. The summed E-state index contributed by atoms with van der Waals surface area (Å²) in [5.41, 5.74) is 2.04. The van der Waals surface area contributed by atoms with Crippen molar-refractivity contribution >= 4 is 31.9 Å². The highest BCUT2D eigenvalue weighted by molar-refractivity contribution is 9.10. The molecule has 7 heteroatoms. The molecule has 0 bridgehead atoms. The van der Waals surface area contributed by atoms with Crippen LogP contribution in [0.5, 0.6) is 0 Å². The van der Waals surface area contributed by atoms with E-state index in [1.54, 1.807) is 0 Å². The van der Waals surface area contributed by atoms with Gasteiger partial charge in [-0.1, -0.05) is 58.4 Å². The van der Waals surface area contributed by atoms with E-state index in [4.69, 9.17) is 0 Å². The van der Waals surface area contributed by atoms with Gasteiger partial charge in [0, 0.05) is 30.0 Å². The van der Waals surface area contributed by atoms with Crippen LogP contribution in [0.1, 0.15) is 30.4 Å². The third-order valence-corrected chi connectivity index (χ3v) is 7.64. The van der Waals surface area contributed by atoms with E-state index in [9.17, 15) is 13.2 Å². The lowest BCUT2D eigenvalue weighted by Gasteiger charge is -2.30. The maximum absolute atomic E-state index is 12.7. The van der Waals surface area contributed by atoms with Crippen molar-refractivity contribution in [1.82, 2.24) is 9.62 Å². The summed E-state index contributed by atoms with van der Waals surface area (Å²) in [5, 5.41) is 3.01. The van der Waals surface area contributed by atoms with Crippen LogP contribution in [0.2, 0.25) is 0 Å². The van der Waals surface area contributed by atoms with Crippen molar-refractivity contribution in [1.29, 1.82) is 0 Å². The first-order chi connectivity index (χ1) is 13.9.